The van der Waals surface area contributed by atoms with Gasteiger partial charge < -0.3 is 9.88 Å². The number of imidazole rings is 1. The van der Waals surface area contributed by atoms with Crippen molar-refractivity contribution in [2.24, 2.45) is 7.05 Å². The summed E-state index contributed by atoms with van der Waals surface area (Å²) in [5.74, 6) is 3.68. The van der Waals surface area contributed by atoms with Crippen molar-refractivity contribution in [2.45, 2.75) is 32.4 Å². The molecule has 0 radical (unpaired) electrons. The molecule has 0 amide bonds. The van der Waals surface area contributed by atoms with E-state index in [1.54, 1.807) is 6.20 Å². The Labute approximate surface area is 85.5 Å². The first-order chi connectivity index (χ1) is 6.65. The molecule has 0 aliphatic heterocycles. The number of nitrogens with one attached hydrogen (secondary N) is 1. The summed E-state index contributed by atoms with van der Waals surface area (Å²) in [7, 11) is 1.99. The van der Waals surface area contributed by atoms with Crippen LogP contribution in [0.1, 0.15) is 32.1 Å². The van der Waals surface area contributed by atoms with Crippen LogP contribution < -0.4 is 5.32 Å². The average molecular weight is 191 g/mol. The number of nitrogens with zero attached hydrogens (tertiary/aromatic N) is 2. The molecule has 0 aliphatic carbocycles. The van der Waals surface area contributed by atoms with Gasteiger partial charge in [-0.3, -0.25) is 0 Å². The predicted molar refractivity (Wildman–Crippen MR) is 57.7 cm³/mol. The first-order valence-electron chi connectivity index (χ1n) is 4.82. The summed E-state index contributed by atoms with van der Waals surface area (Å²) in [6.07, 6.45) is 9.74. The van der Waals surface area contributed by atoms with Crippen LogP contribution in [0, 0.1) is 12.3 Å². The molecule has 0 saturated heterocycles. The fraction of sp³-hybridized carbons (Fsp3) is 0.545. The van der Waals surface area contributed by atoms with Crippen LogP contribution >= 0.6 is 0 Å². The fourth-order valence-electron chi connectivity index (χ4n) is 1.53. The number of aryl methyl sites for hydroxylation is 1. The predicted octanol–water partition coefficient (Wildman–Crippen LogP) is 1.48. The van der Waals surface area contributed by atoms with Crippen LogP contribution in [-0.4, -0.2) is 15.6 Å². The van der Waals surface area contributed by atoms with E-state index >= 15 is 0 Å². The van der Waals surface area contributed by atoms with E-state index < -0.39 is 0 Å². The van der Waals surface area contributed by atoms with Crippen molar-refractivity contribution in [3.05, 3.63) is 18.2 Å². The molecular weight excluding hydrogens is 174 g/mol. The smallest absolute Gasteiger partial charge is 0.125 e. The summed E-state index contributed by atoms with van der Waals surface area (Å²) in [6, 6.07) is 0.560. The molecule has 1 heterocycles. The molecule has 3 nitrogen and oxygen atoms in total. The van der Waals surface area contributed by atoms with E-state index in [-0.39, 0.29) is 6.04 Å². The second-order valence-corrected chi connectivity index (χ2v) is 3.59. The molecular formula is C11H17N3. The molecule has 1 aromatic heterocycles. The summed E-state index contributed by atoms with van der Waals surface area (Å²) < 4.78 is 2.01. The summed E-state index contributed by atoms with van der Waals surface area (Å²) in [5, 5.41) is 3.40. The van der Waals surface area contributed by atoms with Crippen molar-refractivity contribution in [3.8, 4) is 12.3 Å². The maximum Gasteiger partial charge on any atom is 0.125 e. The topological polar surface area (TPSA) is 29.9 Å². The Morgan fingerprint density at radius 3 is 2.86 bits per heavy atom. The molecule has 14 heavy (non-hydrogen) atoms. The molecule has 1 aromatic rings. The normalized spacial score (nSPS) is 14.7. The number of hydrogen-bond donors (Lipinski definition) is 1. The van der Waals surface area contributed by atoms with Crippen LogP contribution in [0.3, 0.4) is 0 Å². The minimum Gasteiger partial charge on any atom is -0.337 e. The molecule has 0 bridgehead atoms. The Hall–Kier alpha value is -1.27. The molecule has 0 fully saturated rings. The lowest BCUT2D eigenvalue weighted by atomic mass is 10.2. The van der Waals surface area contributed by atoms with Gasteiger partial charge in [-0.2, -0.15) is 0 Å². The molecule has 76 valence electrons. The van der Waals surface area contributed by atoms with E-state index in [0.717, 1.165) is 12.2 Å². The van der Waals surface area contributed by atoms with Crippen molar-refractivity contribution in [2.75, 3.05) is 0 Å². The van der Waals surface area contributed by atoms with Crippen LogP contribution in [0.2, 0.25) is 0 Å². The van der Waals surface area contributed by atoms with Gasteiger partial charge in [-0.15, -0.1) is 12.3 Å². The van der Waals surface area contributed by atoms with Crippen LogP contribution in [0.25, 0.3) is 0 Å². The molecule has 1 N–H and O–H groups in total. The van der Waals surface area contributed by atoms with Crippen LogP contribution in [0.15, 0.2) is 12.4 Å². The summed E-state index contributed by atoms with van der Waals surface area (Å²) in [5.41, 5.74) is 0. The minimum absolute atomic E-state index is 0.235. The summed E-state index contributed by atoms with van der Waals surface area (Å²) in [4.78, 5) is 4.28. The zero-order chi connectivity index (χ0) is 10.6. The molecule has 0 spiro atoms. The summed E-state index contributed by atoms with van der Waals surface area (Å²) in [6.45, 7) is 4.18. The number of terminal acetylenes is 1. The maximum absolute atomic E-state index is 5.24. The van der Waals surface area contributed by atoms with Crippen molar-refractivity contribution >= 4 is 0 Å². The fourth-order valence-corrected chi connectivity index (χ4v) is 1.53. The number of rotatable bonds is 4. The highest BCUT2D eigenvalue weighted by molar-refractivity contribution is 4.98. The highest BCUT2D eigenvalue weighted by Gasteiger charge is 2.11. The van der Waals surface area contributed by atoms with E-state index in [9.17, 15) is 0 Å². The van der Waals surface area contributed by atoms with Gasteiger partial charge in [-0.05, 0) is 13.8 Å². The van der Waals surface area contributed by atoms with Crippen molar-refractivity contribution in [3.63, 3.8) is 0 Å². The van der Waals surface area contributed by atoms with Crippen LogP contribution in [-0.2, 0) is 7.05 Å². The lowest BCUT2D eigenvalue weighted by molar-refractivity contribution is 0.461. The zero-order valence-electron chi connectivity index (χ0n) is 8.99. The van der Waals surface area contributed by atoms with Crippen LogP contribution in [0.4, 0.5) is 0 Å². The third kappa shape index (κ3) is 2.61. The first kappa shape index (κ1) is 10.8. The highest BCUT2D eigenvalue weighted by Crippen LogP contribution is 2.09. The van der Waals surface area contributed by atoms with Gasteiger partial charge in [0, 0.05) is 31.9 Å². The van der Waals surface area contributed by atoms with E-state index in [0.29, 0.717) is 6.04 Å². The van der Waals surface area contributed by atoms with Gasteiger partial charge in [-0.25, -0.2) is 4.98 Å². The largest absolute Gasteiger partial charge is 0.337 e. The quantitative estimate of drug-likeness (QED) is 0.731. The molecule has 0 aromatic carbocycles. The third-order valence-corrected chi connectivity index (χ3v) is 2.20. The zero-order valence-corrected chi connectivity index (χ0v) is 8.99. The summed E-state index contributed by atoms with van der Waals surface area (Å²) >= 11 is 0. The number of hydrogen-bond acceptors (Lipinski definition) is 2. The maximum atomic E-state index is 5.24. The molecule has 1 rings (SSSR count). The Bertz CT molecular complexity index is 322. The molecule has 0 saturated carbocycles. The van der Waals surface area contributed by atoms with Gasteiger partial charge in [0.2, 0.25) is 0 Å². The Morgan fingerprint density at radius 2 is 2.36 bits per heavy atom. The van der Waals surface area contributed by atoms with E-state index in [1.165, 1.54) is 0 Å². The van der Waals surface area contributed by atoms with Crippen molar-refractivity contribution < 1.29 is 0 Å². The second kappa shape index (κ2) is 4.83. The van der Waals surface area contributed by atoms with Gasteiger partial charge in [0.05, 0.1) is 6.04 Å². The molecule has 2 atom stereocenters. The standard InChI is InChI=1S/C11H17N3/c1-5-6-9(2)13-10(3)11-12-7-8-14(11)4/h1,7-10,13H,6H2,2-4H3. The van der Waals surface area contributed by atoms with Crippen molar-refractivity contribution in [1.82, 2.24) is 14.9 Å². The minimum atomic E-state index is 0.235. The molecule has 0 aliphatic rings. The average Bonchev–Trinajstić information content (AvgIpc) is 2.51. The third-order valence-electron chi connectivity index (χ3n) is 2.20. The SMILES string of the molecule is C#CCC(C)NC(C)c1nccn1C. The Balaban J connectivity index is 2.55. The molecule has 2 unspecified atom stereocenters. The lowest BCUT2D eigenvalue weighted by Gasteiger charge is -2.17. The van der Waals surface area contributed by atoms with E-state index in [2.05, 4.69) is 30.1 Å². The second-order valence-electron chi connectivity index (χ2n) is 3.59. The first-order valence-corrected chi connectivity index (χ1v) is 4.82. The molecule has 3 heteroatoms. The van der Waals surface area contributed by atoms with Crippen molar-refractivity contribution in [1.29, 1.82) is 0 Å². The highest BCUT2D eigenvalue weighted by atomic mass is 15.1. The van der Waals surface area contributed by atoms with Gasteiger partial charge in [-0.1, -0.05) is 0 Å². The van der Waals surface area contributed by atoms with Gasteiger partial charge >= 0.3 is 0 Å². The Kier molecular flexibility index (Phi) is 3.73. The number of aromatic nitrogens is 2. The van der Waals surface area contributed by atoms with E-state index in [4.69, 9.17) is 6.42 Å². The van der Waals surface area contributed by atoms with Gasteiger partial charge in [0.1, 0.15) is 5.82 Å². The Morgan fingerprint density at radius 1 is 1.64 bits per heavy atom. The van der Waals surface area contributed by atoms with Gasteiger partial charge in [0.25, 0.3) is 0 Å². The van der Waals surface area contributed by atoms with Crippen LogP contribution in [0.5, 0.6) is 0 Å². The monoisotopic (exact) mass is 191 g/mol. The van der Waals surface area contributed by atoms with Gasteiger partial charge in [0.15, 0.2) is 0 Å². The van der Waals surface area contributed by atoms with E-state index in [1.807, 2.05) is 17.8 Å². The lowest BCUT2D eigenvalue weighted by Crippen LogP contribution is -2.30.